The molecule has 196 valence electrons. The van der Waals surface area contributed by atoms with E-state index >= 15 is 0 Å². The van der Waals surface area contributed by atoms with Crippen molar-refractivity contribution < 1.29 is 23.5 Å². The van der Waals surface area contributed by atoms with Crippen LogP contribution in [0.5, 0.6) is 5.75 Å². The van der Waals surface area contributed by atoms with Crippen molar-refractivity contribution in [1.29, 1.82) is 0 Å². The molecular formula is C26H22ClFN4O4S2. The molecule has 0 saturated heterocycles. The molecular weight excluding hydrogens is 551 g/mol. The standard InChI is InChI=1S/C26H22ClFN4O4S2/c1-3-12-32-21(13-36-19-10-8-18(28)9-11-19)30-31-26(32)38-15-22(33)29-24-23(25(34)35-2)20(14-37-24)16-4-6-17(27)7-5-16/h3-11,14H,1,12-13,15H2,2H3,(H,29,33). The lowest BCUT2D eigenvalue weighted by Gasteiger charge is -2.10. The number of anilines is 1. The summed E-state index contributed by atoms with van der Waals surface area (Å²) in [5, 5.41) is 14.4. The molecule has 0 fully saturated rings. The van der Waals surface area contributed by atoms with E-state index in [0.29, 0.717) is 38.9 Å². The number of nitrogens with one attached hydrogen (secondary N) is 1. The van der Waals surface area contributed by atoms with E-state index in [-0.39, 0.29) is 29.6 Å². The van der Waals surface area contributed by atoms with Gasteiger partial charge in [-0.05, 0) is 42.0 Å². The molecule has 0 radical (unpaired) electrons. The summed E-state index contributed by atoms with van der Waals surface area (Å²) in [6.07, 6.45) is 1.68. The van der Waals surface area contributed by atoms with Gasteiger partial charge in [-0.15, -0.1) is 28.1 Å². The molecule has 0 unspecified atom stereocenters. The van der Waals surface area contributed by atoms with E-state index in [4.69, 9.17) is 21.1 Å². The molecule has 38 heavy (non-hydrogen) atoms. The van der Waals surface area contributed by atoms with Crippen LogP contribution in [0.2, 0.25) is 5.02 Å². The third kappa shape index (κ3) is 6.60. The van der Waals surface area contributed by atoms with Crippen LogP contribution in [0.4, 0.5) is 9.39 Å². The van der Waals surface area contributed by atoms with E-state index in [1.807, 2.05) is 0 Å². The van der Waals surface area contributed by atoms with Crippen molar-refractivity contribution in [3.63, 3.8) is 0 Å². The van der Waals surface area contributed by atoms with Gasteiger partial charge in [-0.25, -0.2) is 9.18 Å². The van der Waals surface area contributed by atoms with Crippen molar-refractivity contribution in [2.24, 2.45) is 0 Å². The molecule has 0 aliphatic rings. The van der Waals surface area contributed by atoms with Crippen LogP contribution in [0.25, 0.3) is 11.1 Å². The lowest BCUT2D eigenvalue weighted by molar-refractivity contribution is -0.113. The summed E-state index contributed by atoms with van der Waals surface area (Å²) in [6.45, 7) is 4.27. The van der Waals surface area contributed by atoms with Gasteiger partial charge in [0, 0.05) is 22.5 Å². The third-order valence-electron chi connectivity index (χ3n) is 5.21. The minimum absolute atomic E-state index is 0.0168. The van der Waals surface area contributed by atoms with Gasteiger partial charge in [0.05, 0.1) is 12.9 Å². The zero-order valence-corrected chi connectivity index (χ0v) is 22.5. The number of thiophene rings is 1. The fraction of sp³-hybridized carbons (Fsp3) is 0.154. The normalized spacial score (nSPS) is 10.7. The maximum Gasteiger partial charge on any atom is 0.341 e. The summed E-state index contributed by atoms with van der Waals surface area (Å²) >= 11 is 8.40. The Balaban J connectivity index is 1.44. The quantitative estimate of drug-likeness (QED) is 0.132. The number of carbonyl (C=O) groups is 2. The molecule has 0 atom stereocenters. The van der Waals surface area contributed by atoms with Crippen molar-refractivity contribution in [3.8, 4) is 16.9 Å². The minimum Gasteiger partial charge on any atom is -0.486 e. The first-order chi connectivity index (χ1) is 18.4. The highest BCUT2D eigenvalue weighted by Gasteiger charge is 2.23. The summed E-state index contributed by atoms with van der Waals surface area (Å²) in [6, 6.07) is 12.7. The number of benzene rings is 2. The van der Waals surface area contributed by atoms with E-state index in [9.17, 15) is 14.0 Å². The summed E-state index contributed by atoms with van der Waals surface area (Å²) in [4.78, 5) is 25.4. The van der Waals surface area contributed by atoms with E-state index in [0.717, 1.165) is 5.56 Å². The van der Waals surface area contributed by atoms with E-state index in [1.54, 1.807) is 40.3 Å². The number of halogens is 2. The van der Waals surface area contributed by atoms with Crippen LogP contribution in [0.15, 0.2) is 71.7 Å². The number of thioether (sulfide) groups is 1. The predicted molar refractivity (Wildman–Crippen MR) is 146 cm³/mol. The lowest BCUT2D eigenvalue weighted by atomic mass is 10.0. The topological polar surface area (TPSA) is 95.3 Å². The summed E-state index contributed by atoms with van der Waals surface area (Å²) in [7, 11) is 1.29. The van der Waals surface area contributed by atoms with E-state index in [1.165, 1.54) is 54.5 Å². The number of hydrogen-bond donors (Lipinski definition) is 1. The van der Waals surface area contributed by atoms with Crippen LogP contribution in [-0.4, -0.2) is 39.5 Å². The van der Waals surface area contributed by atoms with Gasteiger partial charge in [0.1, 0.15) is 28.7 Å². The monoisotopic (exact) mass is 572 g/mol. The predicted octanol–water partition coefficient (Wildman–Crippen LogP) is 6.08. The van der Waals surface area contributed by atoms with E-state index < -0.39 is 5.97 Å². The van der Waals surface area contributed by atoms with Gasteiger partial charge in [-0.3, -0.25) is 9.36 Å². The zero-order valence-electron chi connectivity index (χ0n) is 20.1. The molecule has 0 aliphatic heterocycles. The van der Waals surface area contributed by atoms with Crippen molar-refractivity contribution >= 4 is 51.6 Å². The molecule has 2 heterocycles. The number of amides is 1. The molecule has 0 bridgehead atoms. The Labute approximate surface area is 231 Å². The molecule has 12 heteroatoms. The first-order valence-electron chi connectivity index (χ1n) is 11.2. The Bertz CT molecular complexity index is 1440. The molecule has 2 aromatic carbocycles. The number of nitrogens with zero attached hydrogens (tertiary/aromatic N) is 3. The van der Waals surface area contributed by atoms with Crippen LogP contribution < -0.4 is 10.1 Å². The second-order valence-electron chi connectivity index (χ2n) is 7.73. The number of aromatic nitrogens is 3. The van der Waals surface area contributed by atoms with Crippen molar-refractivity contribution in [2.45, 2.75) is 18.3 Å². The van der Waals surface area contributed by atoms with Crippen LogP contribution in [-0.2, 0) is 22.7 Å². The molecule has 4 rings (SSSR count). The maximum absolute atomic E-state index is 13.1. The van der Waals surface area contributed by atoms with Gasteiger partial charge < -0.3 is 14.8 Å². The molecule has 8 nitrogen and oxygen atoms in total. The average molecular weight is 573 g/mol. The van der Waals surface area contributed by atoms with Crippen LogP contribution in [0.1, 0.15) is 16.2 Å². The summed E-state index contributed by atoms with van der Waals surface area (Å²) in [5.74, 6) is -0.216. The summed E-state index contributed by atoms with van der Waals surface area (Å²) < 4.78 is 25.5. The zero-order chi connectivity index (χ0) is 27.1. The summed E-state index contributed by atoms with van der Waals surface area (Å²) in [5.41, 5.74) is 1.68. The van der Waals surface area contributed by atoms with Crippen LogP contribution in [0.3, 0.4) is 0 Å². The minimum atomic E-state index is -0.560. The maximum atomic E-state index is 13.1. The van der Waals surface area contributed by atoms with Crippen molar-refractivity contribution in [3.05, 3.63) is 88.8 Å². The highest BCUT2D eigenvalue weighted by molar-refractivity contribution is 7.99. The highest BCUT2D eigenvalue weighted by Crippen LogP contribution is 2.36. The third-order valence-corrected chi connectivity index (χ3v) is 7.32. The van der Waals surface area contributed by atoms with Crippen molar-refractivity contribution in [1.82, 2.24) is 14.8 Å². The average Bonchev–Trinajstić information content (AvgIpc) is 3.51. The second-order valence-corrected chi connectivity index (χ2v) is 9.99. The molecule has 0 saturated carbocycles. The molecule has 0 aliphatic carbocycles. The largest absolute Gasteiger partial charge is 0.486 e. The first kappa shape index (κ1) is 27.4. The van der Waals surface area contributed by atoms with Crippen molar-refractivity contribution in [2.75, 3.05) is 18.2 Å². The fourth-order valence-corrected chi connectivity index (χ4v) is 5.28. The van der Waals surface area contributed by atoms with Gasteiger partial charge in [0.15, 0.2) is 11.0 Å². The SMILES string of the molecule is C=CCn1c(COc2ccc(F)cc2)nnc1SCC(=O)Nc1scc(-c2ccc(Cl)cc2)c1C(=O)OC. The molecule has 0 spiro atoms. The Kier molecular flexibility index (Phi) is 9.16. The van der Waals surface area contributed by atoms with Gasteiger partial charge >= 0.3 is 5.97 Å². The number of esters is 1. The molecule has 4 aromatic rings. The highest BCUT2D eigenvalue weighted by atomic mass is 35.5. The molecule has 1 N–H and O–H groups in total. The smallest absolute Gasteiger partial charge is 0.341 e. The molecule has 2 aromatic heterocycles. The Morgan fingerprint density at radius 3 is 2.61 bits per heavy atom. The first-order valence-corrected chi connectivity index (χ1v) is 13.4. The molecule has 1 amide bonds. The number of rotatable bonds is 11. The van der Waals surface area contributed by atoms with Gasteiger partial charge in [0.2, 0.25) is 5.91 Å². The fourth-order valence-electron chi connectivity index (χ4n) is 3.41. The number of allylic oxidation sites excluding steroid dienone is 1. The van der Waals surface area contributed by atoms with E-state index in [2.05, 4.69) is 22.1 Å². The number of carbonyl (C=O) groups excluding carboxylic acids is 2. The number of ether oxygens (including phenoxy) is 2. The number of methoxy groups -OCH3 is 1. The van der Waals surface area contributed by atoms with Crippen LogP contribution in [0, 0.1) is 5.82 Å². The Morgan fingerprint density at radius 1 is 1.18 bits per heavy atom. The Morgan fingerprint density at radius 2 is 1.92 bits per heavy atom. The Hall–Kier alpha value is -3.67. The van der Waals surface area contributed by atoms with Gasteiger partial charge in [-0.1, -0.05) is 41.6 Å². The van der Waals surface area contributed by atoms with Gasteiger partial charge in [0.25, 0.3) is 0 Å². The van der Waals surface area contributed by atoms with Gasteiger partial charge in [-0.2, -0.15) is 0 Å². The lowest BCUT2D eigenvalue weighted by Crippen LogP contribution is -2.16. The number of hydrogen-bond acceptors (Lipinski definition) is 8. The second kappa shape index (κ2) is 12.7. The van der Waals surface area contributed by atoms with Crippen LogP contribution >= 0.6 is 34.7 Å².